The minimum atomic E-state index is -0.171. The number of nitrogens with zero attached hydrogens (tertiary/aromatic N) is 4. The summed E-state index contributed by atoms with van der Waals surface area (Å²) in [6, 6.07) is 8.00. The van der Waals surface area contributed by atoms with Crippen LogP contribution < -0.4 is 5.32 Å². The zero-order valence-electron chi connectivity index (χ0n) is 13.9. The van der Waals surface area contributed by atoms with E-state index in [0.29, 0.717) is 17.9 Å². The number of carbonyl (C=O) groups excluding carboxylic acids is 1. The van der Waals surface area contributed by atoms with Crippen molar-refractivity contribution in [2.45, 2.75) is 33.2 Å². The second kappa shape index (κ2) is 6.66. The van der Waals surface area contributed by atoms with Crippen molar-refractivity contribution in [3.05, 3.63) is 59.4 Å². The fourth-order valence-corrected chi connectivity index (χ4v) is 2.66. The summed E-state index contributed by atoms with van der Waals surface area (Å²) in [5, 5.41) is 13.8. The maximum absolute atomic E-state index is 12.6. The van der Waals surface area contributed by atoms with Gasteiger partial charge >= 0.3 is 0 Å². The Labute approximate surface area is 140 Å². The molecule has 0 saturated heterocycles. The van der Waals surface area contributed by atoms with Gasteiger partial charge in [0.25, 0.3) is 5.91 Å². The minimum Gasteiger partial charge on any atom is -0.345 e. The first-order valence-electron chi connectivity index (χ1n) is 7.84. The van der Waals surface area contributed by atoms with Crippen LogP contribution in [0.2, 0.25) is 0 Å². The first-order valence-corrected chi connectivity index (χ1v) is 7.84. The van der Waals surface area contributed by atoms with E-state index in [-0.39, 0.29) is 11.8 Å². The quantitative estimate of drug-likeness (QED) is 0.754. The van der Waals surface area contributed by atoms with Gasteiger partial charge in [0.1, 0.15) is 12.2 Å². The van der Waals surface area contributed by atoms with E-state index in [1.165, 1.54) is 6.33 Å². The number of amides is 1. The highest BCUT2D eigenvalue weighted by molar-refractivity contribution is 5.95. The van der Waals surface area contributed by atoms with Gasteiger partial charge in [-0.3, -0.25) is 9.89 Å². The molecular weight excluding hydrogens is 304 g/mol. The minimum absolute atomic E-state index is 0.151. The third kappa shape index (κ3) is 3.05. The smallest absolute Gasteiger partial charge is 0.255 e. The lowest BCUT2D eigenvalue weighted by Gasteiger charge is -2.14. The van der Waals surface area contributed by atoms with Crippen LogP contribution in [-0.4, -0.2) is 30.9 Å². The number of hydrogen-bond donors (Lipinski definition) is 2. The molecule has 7 heteroatoms. The van der Waals surface area contributed by atoms with Crippen molar-refractivity contribution in [3.8, 4) is 5.69 Å². The third-order valence-corrected chi connectivity index (χ3v) is 3.82. The van der Waals surface area contributed by atoms with Gasteiger partial charge in [0.2, 0.25) is 0 Å². The van der Waals surface area contributed by atoms with Gasteiger partial charge in [-0.15, -0.1) is 0 Å². The molecule has 0 bridgehead atoms. The summed E-state index contributed by atoms with van der Waals surface area (Å²) in [6.07, 6.45) is 3.04. The monoisotopic (exact) mass is 324 g/mol. The zero-order chi connectivity index (χ0) is 17.1. The van der Waals surface area contributed by atoms with Crippen LogP contribution in [-0.2, 0) is 6.54 Å². The van der Waals surface area contributed by atoms with Gasteiger partial charge in [-0.2, -0.15) is 10.2 Å². The molecule has 3 rings (SSSR count). The Balaban J connectivity index is 1.91. The second-order valence-electron chi connectivity index (χ2n) is 5.91. The van der Waals surface area contributed by atoms with Crippen molar-refractivity contribution >= 4 is 5.91 Å². The molecule has 0 radical (unpaired) electrons. The summed E-state index contributed by atoms with van der Waals surface area (Å²) in [4.78, 5) is 16.6. The van der Waals surface area contributed by atoms with E-state index in [2.05, 4.69) is 39.4 Å². The van der Waals surface area contributed by atoms with Crippen molar-refractivity contribution in [2.24, 2.45) is 0 Å². The number of nitrogens with one attached hydrogen (secondary N) is 2. The fourth-order valence-electron chi connectivity index (χ4n) is 2.66. The third-order valence-electron chi connectivity index (χ3n) is 3.82. The van der Waals surface area contributed by atoms with Crippen LogP contribution in [0, 0.1) is 6.92 Å². The normalized spacial score (nSPS) is 11.0. The molecule has 0 unspecified atom stereocenters. The largest absolute Gasteiger partial charge is 0.345 e. The Morgan fingerprint density at radius 1 is 1.33 bits per heavy atom. The van der Waals surface area contributed by atoms with Crippen LogP contribution in [0.3, 0.4) is 0 Å². The highest BCUT2D eigenvalue weighted by Crippen LogP contribution is 2.24. The van der Waals surface area contributed by atoms with Gasteiger partial charge in [-0.05, 0) is 24.5 Å². The summed E-state index contributed by atoms with van der Waals surface area (Å²) >= 11 is 0. The van der Waals surface area contributed by atoms with E-state index in [9.17, 15) is 4.79 Å². The first-order chi connectivity index (χ1) is 11.6. The molecule has 0 fully saturated rings. The summed E-state index contributed by atoms with van der Waals surface area (Å²) in [7, 11) is 0. The number of hydrogen-bond acceptors (Lipinski definition) is 4. The molecular formula is C17H20N6O. The van der Waals surface area contributed by atoms with Crippen LogP contribution in [0.15, 0.2) is 36.8 Å². The molecule has 2 N–H and O–H groups in total. The molecule has 24 heavy (non-hydrogen) atoms. The molecule has 0 spiro atoms. The molecule has 2 heterocycles. The Kier molecular flexibility index (Phi) is 4.41. The second-order valence-corrected chi connectivity index (χ2v) is 5.91. The molecule has 0 aliphatic carbocycles. The molecule has 124 valence electrons. The molecule has 1 aromatic carbocycles. The maximum atomic E-state index is 12.6. The predicted octanol–water partition coefficient (Wildman–Crippen LogP) is 2.35. The fraction of sp³-hybridized carbons (Fsp3) is 0.294. The van der Waals surface area contributed by atoms with Crippen molar-refractivity contribution in [3.63, 3.8) is 0 Å². The Hall–Kier alpha value is -2.96. The first kappa shape index (κ1) is 15.9. The summed E-state index contributed by atoms with van der Waals surface area (Å²) in [5.41, 5.74) is 3.55. The van der Waals surface area contributed by atoms with Crippen LogP contribution in [0.4, 0.5) is 0 Å². The Bertz CT molecular complexity index is 835. The van der Waals surface area contributed by atoms with Gasteiger partial charge in [0, 0.05) is 0 Å². The number of para-hydroxylation sites is 1. The molecule has 1 amide bonds. The van der Waals surface area contributed by atoms with Gasteiger partial charge < -0.3 is 5.32 Å². The molecule has 0 aliphatic heterocycles. The maximum Gasteiger partial charge on any atom is 0.255 e. The van der Waals surface area contributed by atoms with Crippen LogP contribution >= 0.6 is 0 Å². The van der Waals surface area contributed by atoms with E-state index in [1.807, 2.05) is 35.9 Å². The lowest BCUT2D eigenvalue weighted by molar-refractivity contribution is 0.0948. The molecule has 0 aliphatic rings. The zero-order valence-corrected chi connectivity index (χ0v) is 13.9. The summed E-state index contributed by atoms with van der Waals surface area (Å²) < 4.78 is 1.85. The van der Waals surface area contributed by atoms with Gasteiger partial charge in [-0.1, -0.05) is 32.0 Å². The van der Waals surface area contributed by atoms with Crippen LogP contribution in [0.5, 0.6) is 0 Å². The van der Waals surface area contributed by atoms with Gasteiger partial charge in [0.05, 0.1) is 29.7 Å². The summed E-state index contributed by atoms with van der Waals surface area (Å²) in [5.74, 6) is 0.591. The van der Waals surface area contributed by atoms with Crippen LogP contribution in [0.1, 0.15) is 47.2 Å². The van der Waals surface area contributed by atoms with E-state index < -0.39 is 0 Å². The molecule has 0 atom stereocenters. The Morgan fingerprint density at radius 2 is 2.12 bits per heavy atom. The number of H-pyrrole nitrogens is 1. The van der Waals surface area contributed by atoms with Crippen LogP contribution in [0.25, 0.3) is 5.69 Å². The van der Waals surface area contributed by atoms with Gasteiger partial charge in [-0.25, -0.2) is 9.67 Å². The number of aromatic nitrogens is 5. The van der Waals surface area contributed by atoms with E-state index in [0.717, 1.165) is 16.9 Å². The lowest BCUT2D eigenvalue weighted by atomic mass is 10.0. The topological polar surface area (TPSA) is 88.5 Å². The molecule has 2 aromatic heterocycles. The van der Waals surface area contributed by atoms with Crippen molar-refractivity contribution in [2.75, 3.05) is 0 Å². The van der Waals surface area contributed by atoms with E-state index in [4.69, 9.17) is 0 Å². The van der Waals surface area contributed by atoms with E-state index >= 15 is 0 Å². The number of aryl methyl sites for hydroxylation is 1. The van der Waals surface area contributed by atoms with E-state index in [1.54, 1.807) is 6.20 Å². The van der Waals surface area contributed by atoms with Crippen molar-refractivity contribution < 1.29 is 4.79 Å². The molecule has 3 aromatic rings. The highest BCUT2D eigenvalue weighted by atomic mass is 16.1. The SMILES string of the molecule is Cc1ccccc1-n1ncc(C(=O)NCc2ncn[nH]2)c1C(C)C. The molecule has 0 saturated carbocycles. The Morgan fingerprint density at radius 3 is 2.79 bits per heavy atom. The van der Waals surface area contributed by atoms with Crippen molar-refractivity contribution in [1.82, 2.24) is 30.3 Å². The number of carbonyl (C=O) groups is 1. The summed E-state index contributed by atoms with van der Waals surface area (Å²) in [6.45, 7) is 6.44. The lowest BCUT2D eigenvalue weighted by Crippen LogP contribution is -2.24. The van der Waals surface area contributed by atoms with Crippen molar-refractivity contribution in [1.29, 1.82) is 0 Å². The average molecular weight is 324 g/mol. The number of rotatable bonds is 5. The number of benzene rings is 1. The predicted molar refractivity (Wildman–Crippen MR) is 89.9 cm³/mol. The number of aromatic amines is 1. The standard InChI is InChI=1S/C17H20N6O/c1-11(2)16-13(17(24)18-9-15-19-10-20-22-15)8-21-23(16)14-7-5-4-6-12(14)3/h4-8,10-11H,9H2,1-3H3,(H,18,24)(H,19,20,22). The molecule has 7 nitrogen and oxygen atoms in total. The average Bonchev–Trinajstić information content (AvgIpc) is 3.22. The van der Waals surface area contributed by atoms with Gasteiger partial charge in [0.15, 0.2) is 0 Å². The highest BCUT2D eigenvalue weighted by Gasteiger charge is 2.21.